The highest BCUT2D eigenvalue weighted by atomic mass is 16.5. The number of hydrogen-bond acceptors (Lipinski definition) is 5. The number of aliphatic imine (C=N–C) groups is 1. The Hall–Kier alpha value is -1.84. The molecule has 0 spiro atoms. The van der Waals surface area contributed by atoms with Crippen molar-refractivity contribution in [3.63, 3.8) is 0 Å². The van der Waals surface area contributed by atoms with Gasteiger partial charge < -0.3 is 14.4 Å². The molecule has 1 unspecified atom stereocenters. The van der Waals surface area contributed by atoms with E-state index in [0.29, 0.717) is 5.75 Å². The molecule has 1 saturated carbocycles. The van der Waals surface area contributed by atoms with Crippen LogP contribution in [0.1, 0.15) is 44.1 Å². The van der Waals surface area contributed by atoms with E-state index in [9.17, 15) is 4.79 Å². The van der Waals surface area contributed by atoms with E-state index in [-0.39, 0.29) is 6.10 Å². The molecule has 1 aliphatic heterocycles. The largest absolute Gasteiger partial charge is 0.492 e. The van der Waals surface area contributed by atoms with E-state index < -0.39 is 5.54 Å². The fourth-order valence-electron chi connectivity index (χ4n) is 4.07. The van der Waals surface area contributed by atoms with E-state index in [2.05, 4.69) is 16.9 Å². The molecule has 0 amide bonds. The molecule has 5 nitrogen and oxygen atoms in total. The highest BCUT2D eigenvalue weighted by Crippen LogP contribution is 2.48. The highest BCUT2D eigenvalue weighted by Gasteiger charge is 2.39. The topological polar surface area (TPSA) is 51.1 Å². The summed E-state index contributed by atoms with van der Waals surface area (Å²) in [7, 11) is 3.78. The molecule has 5 heteroatoms. The number of rotatable bonds is 5. The number of para-hydroxylation sites is 1. The summed E-state index contributed by atoms with van der Waals surface area (Å²) in [6.45, 7) is 2.04. The van der Waals surface area contributed by atoms with Crippen LogP contribution < -0.4 is 9.47 Å². The number of hydrogen-bond donors (Lipinski definition) is 0. The van der Waals surface area contributed by atoms with Crippen LogP contribution >= 0.6 is 0 Å². The van der Waals surface area contributed by atoms with Gasteiger partial charge in [0, 0.05) is 12.1 Å². The van der Waals surface area contributed by atoms with Crippen LogP contribution in [0.5, 0.6) is 11.5 Å². The molecule has 1 aromatic carbocycles. The molecule has 1 aromatic rings. The standard InChI is InChI=1S/C19H26N2O3/c1-21-12-6-7-15(13-21)24-17-9-5-8-16(18(17)23-2)19(20-14-22)10-3-4-11-19/h5,8-9,15H,3-4,6-7,10-13H2,1-2H3. The Bertz CT molecular complexity index is 619. The number of nitrogens with zero attached hydrogens (tertiary/aromatic N) is 2. The quantitative estimate of drug-likeness (QED) is 0.614. The van der Waals surface area contributed by atoms with Gasteiger partial charge in [-0.15, -0.1) is 0 Å². The van der Waals surface area contributed by atoms with Crippen LogP contribution in [-0.4, -0.2) is 44.3 Å². The van der Waals surface area contributed by atoms with Gasteiger partial charge in [-0.25, -0.2) is 4.79 Å². The lowest BCUT2D eigenvalue weighted by molar-refractivity contribution is 0.101. The lowest BCUT2D eigenvalue weighted by atomic mass is 9.88. The molecule has 2 aliphatic rings. The van der Waals surface area contributed by atoms with Crippen molar-refractivity contribution in [1.29, 1.82) is 0 Å². The zero-order valence-electron chi connectivity index (χ0n) is 14.6. The Labute approximate surface area is 143 Å². The Balaban J connectivity index is 1.92. The number of piperidine rings is 1. The molecule has 3 rings (SSSR count). The minimum absolute atomic E-state index is 0.169. The lowest BCUT2D eigenvalue weighted by Gasteiger charge is -2.31. The third-order valence-corrected chi connectivity index (χ3v) is 5.25. The number of likely N-dealkylation sites (tertiary alicyclic amines) is 1. The van der Waals surface area contributed by atoms with Crippen LogP contribution in [0.15, 0.2) is 23.2 Å². The first-order valence-corrected chi connectivity index (χ1v) is 8.80. The number of carbonyl (C=O) groups excluding carboxylic acids is 1. The summed E-state index contributed by atoms with van der Waals surface area (Å²) in [6, 6.07) is 5.93. The first kappa shape index (κ1) is 17.0. The van der Waals surface area contributed by atoms with Crippen LogP contribution in [0.3, 0.4) is 0 Å². The number of methoxy groups -OCH3 is 1. The fraction of sp³-hybridized carbons (Fsp3) is 0.632. The first-order chi connectivity index (χ1) is 11.7. The summed E-state index contributed by atoms with van der Waals surface area (Å²) < 4.78 is 12.0. The normalized spacial score (nSPS) is 23.5. The maximum atomic E-state index is 11.0. The van der Waals surface area contributed by atoms with Gasteiger partial charge in [-0.2, -0.15) is 4.99 Å². The minimum Gasteiger partial charge on any atom is -0.492 e. The molecule has 0 N–H and O–H groups in total. The van der Waals surface area contributed by atoms with Gasteiger partial charge in [-0.1, -0.05) is 25.0 Å². The van der Waals surface area contributed by atoms with Crippen LogP contribution in [0.2, 0.25) is 0 Å². The van der Waals surface area contributed by atoms with Gasteiger partial charge in [0.1, 0.15) is 11.6 Å². The van der Waals surface area contributed by atoms with Gasteiger partial charge in [0.05, 0.1) is 7.11 Å². The SMILES string of the molecule is COc1c(OC2CCCN(C)C2)cccc1C1(N=C=O)CCCC1. The summed E-state index contributed by atoms with van der Waals surface area (Å²) in [4.78, 5) is 17.5. The number of ether oxygens (including phenoxy) is 2. The number of benzene rings is 1. The zero-order chi connectivity index (χ0) is 17.0. The van der Waals surface area contributed by atoms with Crippen molar-refractivity contribution in [2.24, 2.45) is 4.99 Å². The van der Waals surface area contributed by atoms with Gasteiger partial charge in [0.25, 0.3) is 0 Å². The van der Waals surface area contributed by atoms with Crippen molar-refractivity contribution in [2.45, 2.75) is 50.2 Å². The van der Waals surface area contributed by atoms with Gasteiger partial charge in [0.2, 0.25) is 6.08 Å². The summed E-state index contributed by atoms with van der Waals surface area (Å²) in [5.41, 5.74) is 0.447. The van der Waals surface area contributed by atoms with Crippen molar-refractivity contribution in [2.75, 3.05) is 27.2 Å². The van der Waals surface area contributed by atoms with E-state index in [1.54, 1.807) is 13.2 Å². The molecule has 24 heavy (non-hydrogen) atoms. The Morgan fingerprint density at radius 1 is 1.29 bits per heavy atom. The number of isocyanates is 1. The van der Waals surface area contributed by atoms with E-state index in [4.69, 9.17) is 9.47 Å². The lowest BCUT2D eigenvalue weighted by Crippen LogP contribution is -2.38. The second-order valence-electron chi connectivity index (χ2n) is 6.92. The fourth-order valence-corrected chi connectivity index (χ4v) is 4.07. The summed E-state index contributed by atoms with van der Waals surface area (Å²) in [6.07, 6.45) is 7.98. The summed E-state index contributed by atoms with van der Waals surface area (Å²) >= 11 is 0. The first-order valence-electron chi connectivity index (χ1n) is 8.80. The van der Waals surface area contributed by atoms with Crippen molar-refractivity contribution in [3.05, 3.63) is 23.8 Å². The van der Waals surface area contributed by atoms with Gasteiger partial charge in [0.15, 0.2) is 11.5 Å². The van der Waals surface area contributed by atoms with Crippen LogP contribution in [-0.2, 0) is 10.3 Å². The molecule has 1 aliphatic carbocycles. The van der Waals surface area contributed by atoms with E-state index in [1.165, 1.54) is 0 Å². The monoisotopic (exact) mass is 330 g/mol. The molecule has 130 valence electrons. The molecule has 0 aromatic heterocycles. The third kappa shape index (κ3) is 3.33. The predicted molar refractivity (Wildman–Crippen MR) is 92.4 cm³/mol. The predicted octanol–water partition coefficient (Wildman–Crippen LogP) is 3.27. The van der Waals surface area contributed by atoms with Crippen molar-refractivity contribution >= 4 is 6.08 Å². The van der Waals surface area contributed by atoms with E-state index >= 15 is 0 Å². The maximum absolute atomic E-state index is 11.0. The zero-order valence-corrected chi connectivity index (χ0v) is 14.6. The summed E-state index contributed by atoms with van der Waals surface area (Å²) in [5.74, 6) is 1.47. The van der Waals surface area contributed by atoms with Gasteiger partial charge >= 0.3 is 0 Å². The average Bonchev–Trinajstić information content (AvgIpc) is 3.05. The molecular weight excluding hydrogens is 304 g/mol. The van der Waals surface area contributed by atoms with Gasteiger partial charge in [-0.05, 0) is 45.3 Å². The van der Waals surface area contributed by atoms with E-state index in [0.717, 1.165) is 62.9 Å². The minimum atomic E-state index is -0.504. The molecule has 2 fully saturated rings. The smallest absolute Gasteiger partial charge is 0.235 e. The molecule has 1 heterocycles. The molecular formula is C19H26N2O3. The Morgan fingerprint density at radius 2 is 2.08 bits per heavy atom. The number of likely N-dealkylation sites (N-methyl/N-ethyl adjacent to an activating group) is 1. The van der Waals surface area contributed by atoms with Crippen molar-refractivity contribution in [3.8, 4) is 11.5 Å². The highest BCUT2D eigenvalue weighted by molar-refractivity contribution is 5.52. The molecule has 1 atom stereocenters. The van der Waals surface area contributed by atoms with Crippen molar-refractivity contribution < 1.29 is 14.3 Å². The third-order valence-electron chi connectivity index (χ3n) is 5.25. The maximum Gasteiger partial charge on any atom is 0.235 e. The summed E-state index contributed by atoms with van der Waals surface area (Å²) in [5, 5.41) is 0. The Kier molecular flexibility index (Phi) is 5.22. The van der Waals surface area contributed by atoms with E-state index in [1.807, 2.05) is 18.2 Å². The molecule has 0 radical (unpaired) electrons. The van der Waals surface area contributed by atoms with Crippen LogP contribution in [0.4, 0.5) is 0 Å². The van der Waals surface area contributed by atoms with Gasteiger partial charge in [-0.3, -0.25) is 0 Å². The van der Waals surface area contributed by atoms with Crippen molar-refractivity contribution in [1.82, 2.24) is 4.90 Å². The second-order valence-corrected chi connectivity index (χ2v) is 6.92. The second kappa shape index (κ2) is 7.37. The van der Waals surface area contributed by atoms with Crippen LogP contribution in [0.25, 0.3) is 0 Å². The van der Waals surface area contributed by atoms with Crippen LogP contribution in [0, 0.1) is 0 Å². The molecule has 1 saturated heterocycles. The molecule has 0 bridgehead atoms. The average molecular weight is 330 g/mol. The Morgan fingerprint density at radius 3 is 2.75 bits per heavy atom.